The summed E-state index contributed by atoms with van der Waals surface area (Å²) in [7, 11) is 0. The number of imidazole rings is 1. The molecular weight excluding hydrogens is 140 g/mol. The summed E-state index contributed by atoms with van der Waals surface area (Å²) in [6.45, 7) is 0. The van der Waals surface area contributed by atoms with Crippen LogP contribution in [0.15, 0.2) is 12.5 Å². The van der Waals surface area contributed by atoms with Crippen LogP contribution < -0.4 is 5.73 Å². The van der Waals surface area contributed by atoms with Gasteiger partial charge in [-0.15, -0.1) is 0 Å². The number of aromatic nitrogens is 2. The molecule has 1 aromatic rings. The summed E-state index contributed by atoms with van der Waals surface area (Å²) in [4.78, 5) is 3.99. The third-order valence-corrected chi connectivity index (χ3v) is 1.85. The molecule has 1 aliphatic carbocycles. The monoisotopic (exact) mass is 150 g/mol. The summed E-state index contributed by atoms with van der Waals surface area (Å²) in [5.41, 5.74) is 5.84. The molecule has 0 radical (unpaired) electrons. The smallest absolute Gasteiger partial charge is 0.143 e. The molecule has 0 spiro atoms. The fourth-order valence-corrected chi connectivity index (χ4v) is 1.05. The second kappa shape index (κ2) is 2.08. The van der Waals surface area contributed by atoms with Gasteiger partial charge in [0.15, 0.2) is 0 Å². The SMILES string of the molecule is N=C(N)c1cn(C2CC2)cn1. The quantitative estimate of drug-likeness (QED) is 0.476. The Morgan fingerprint density at radius 2 is 2.45 bits per heavy atom. The van der Waals surface area contributed by atoms with Crippen molar-refractivity contribution < 1.29 is 0 Å². The number of nitrogens with two attached hydrogens (primary N) is 1. The van der Waals surface area contributed by atoms with Crippen LogP contribution in [-0.4, -0.2) is 15.4 Å². The van der Waals surface area contributed by atoms with Gasteiger partial charge in [-0.25, -0.2) is 4.98 Å². The Bertz CT molecular complexity index is 284. The first-order chi connectivity index (χ1) is 5.27. The Morgan fingerprint density at radius 1 is 1.73 bits per heavy atom. The van der Waals surface area contributed by atoms with Crippen LogP contribution in [0, 0.1) is 5.41 Å². The van der Waals surface area contributed by atoms with E-state index in [9.17, 15) is 0 Å². The summed E-state index contributed by atoms with van der Waals surface area (Å²) in [6.07, 6.45) is 6.04. The minimum Gasteiger partial charge on any atom is -0.382 e. The van der Waals surface area contributed by atoms with Gasteiger partial charge in [0.25, 0.3) is 0 Å². The highest BCUT2D eigenvalue weighted by atomic mass is 15.1. The highest BCUT2D eigenvalue weighted by Crippen LogP contribution is 2.34. The second-order valence-electron chi connectivity index (χ2n) is 2.85. The number of nitrogens with zero attached hydrogens (tertiary/aromatic N) is 2. The highest BCUT2D eigenvalue weighted by molar-refractivity contribution is 5.92. The zero-order valence-electron chi connectivity index (χ0n) is 6.12. The van der Waals surface area contributed by atoms with E-state index in [-0.39, 0.29) is 5.84 Å². The van der Waals surface area contributed by atoms with Crippen molar-refractivity contribution in [1.82, 2.24) is 9.55 Å². The van der Waals surface area contributed by atoms with Crippen molar-refractivity contribution in [3.8, 4) is 0 Å². The summed E-state index contributed by atoms with van der Waals surface area (Å²) in [6, 6.07) is 0.621. The van der Waals surface area contributed by atoms with E-state index < -0.39 is 0 Å². The minimum atomic E-state index is 0.0457. The average molecular weight is 150 g/mol. The van der Waals surface area contributed by atoms with E-state index in [1.807, 2.05) is 10.8 Å². The van der Waals surface area contributed by atoms with Crippen molar-refractivity contribution in [2.24, 2.45) is 5.73 Å². The molecule has 1 saturated carbocycles. The van der Waals surface area contributed by atoms with Crippen LogP contribution in [0.25, 0.3) is 0 Å². The van der Waals surface area contributed by atoms with Gasteiger partial charge in [-0.3, -0.25) is 5.41 Å². The predicted molar refractivity (Wildman–Crippen MR) is 41.5 cm³/mol. The first-order valence-electron chi connectivity index (χ1n) is 3.65. The predicted octanol–water partition coefficient (Wildman–Crippen LogP) is 0.502. The molecule has 0 aromatic carbocycles. The van der Waals surface area contributed by atoms with Crippen LogP contribution in [0.3, 0.4) is 0 Å². The molecule has 1 aromatic heterocycles. The van der Waals surface area contributed by atoms with Crippen molar-refractivity contribution in [2.75, 3.05) is 0 Å². The van der Waals surface area contributed by atoms with E-state index in [1.54, 1.807) is 6.33 Å². The minimum absolute atomic E-state index is 0.0457. The summed E-state index contributed by atoms with van der Waals surface area (Å²) < 4.78 is 2.02. The molecule has 4 nitrogen and oxygen atoms in total. The number of hydrogen-bond acceptors (Lipinski definition) is 2. The molecule has 1 aliphatic rings. The zero-order valence-corrected chi connectivity index (χ0v) is 6.12. The number of nitrogen functional groups attached to an aromatic ring is 1. The van der Waals surface area contributed by atoms with Crippen molar-refractivity contribution in [3.05, 3.63) is 18.2 Å². The van der Waals surface area contributed by atoms with E-state index in [4.69, 9.17) is 11.1 Å². The summed E-state index contributed by atoms with van der Waals surface area (Å²) in [5, 5.41) is 7.11. The normalized spacial score (nSPS) is 16.7. The Balaban J connectivity index is 2.25. The average Bonchev–Trinajstić information content (AvgIpc) is 2.68. The van der Waals surface area contributed by atoms with Gasteiger partial charge in [-0.2, -0.15) is 0 Å². The Kier molecular flexibility index (Phi) is 1.21. The number of nitrogens with one attached hydrogen (secondary N) is 1. The Labute approximate surface area is 64.5 Å². The zero-order chi connectivity index (χ0) is 7.84. The number of hydrogen-bond donors (Lipinski definition) is 2. The van der Waals surface area contributed by atoms with Gasteiger partial charge in [-0.1, -0.05) is 0 Å². The summed E-state index contributed by atoms with van der Waals surface area (Å²) >= 11 is 0. The Morgan fingerprint density at radius 3 is 2.91 bits per heavy atom. The van der Waals surface area contributed by atoms with Crippen LogP contribution in [0.1, 0.15) is 24.6 Å². The van der Waals surface area contributed by atoms with Crippen LogP contribution in [0.5, 0.6) is 0 Å². The first-order valence-corrected chi connectivity index (χ1v) is 3.65. The molecule has 11 heavy (non-hydrogen) atoms. The van der Waals surface area contributed by atoms with Gasteiger partial charge in [0.2, 0.25) is 0 Å². The van der Waals surface area contributed by atoms with E-state index in [0.717, 1.165) is 0 Å². The molecule has 1 fully saturated rings. The molecule has 0 atom stereocenters. The van der Waals surface area contributed by atoms with Crippen molar-refractivity contribution >= 4 is 5.84 Å². The molecule has 0 amide bonds. The third-order valence-electron chi connectivity index (χ3n) is 1.85. The first kappa shape index (κ1) is 6.39. The molecule has 0 saturated heterocycles. The van der Waals surface area contributed by atoms with E-state index >= 15 is 0 Å². The van der Waals surface area contributed by atoms with E-state index in [1.165, 1.54) is 12.8 Å². The molecule has 2 rings (SSSR count). The molecule has 0 bridgehead atoms. The van der Waals surface area contributed by atoms with Gasteiger partial charge in [0, 0.05) is 12.2 Å². The number of amidine groups is 1. The third kappa shape index (κ3) is 1.11. The number of rotatable bonds is 2. The lowest BCUT2D eigenvalue weighted by Gasteiger charge is -1.93. The molecule has 1 heterocycles. The maximum atomic E-state index is 7.11. The lowest BCUT2D eigenvalue weighted by molar-refractivity contribution is 0.740. The standard InChI is InChI=1S/C7H10N4/c8-7(9)6-3-11(4-10-6)5-1-2-5/h3-5H,1-2H2,(H3,8,9). The van der Waals surface area contributed by atoms with E-state index in [0.29, 0.717) is 11.7 Å². The largest absolute Gasteiger partial charge is 0.382 e. The Hall–Kier alpha value is -1.32. The lowest BCUT2D eigenvalue weighted by Crippen LogP contribution is -2.11. The summed E-state index contributed by atoms with van der Waals surface area (Å²) in [5.74, 6) is 0.0457. The van der Waals surface area contributed by atoms with Gasteiger partial charge < -0.3 is 10.3 Å². The van der Waals surface area contributed by atoms with Gasteiger partial charge in [0.05, 0.1) is 6.33 Å². The molecule has 3 N–H and O–H groups in total. The van der Waals surface area contributed by atoms with Crippen LogP contribution in [0.2, 0.25) is 0 Å². The van der Waals surface area contributed by atoms with Crippen LogP contribution >= 0.6 is 0 Å². The molecule has 0 aliphatic heterocycles. The maximum absolute atomic E-state index is 7.11. The van der Waals surface area contributed by atoms with Gasteiger partial charge in [0.1, 0.15) is 11.5 Å². The lowest BCUT2D eigenvalue weighted by atomic mass is 10.4. The van der Waals surface area contributed by atoms with Crippen LogP contribution in [-0.2, 0) is 0 Å². The fourth-order valence-electron chi connectivity index (χ4n) is 1.05. The van der Waals surface area contributed by atoms with Crippen molar-refractivity contribution in [2.45, 2.75) is 18.9 Å². The van der Waals surface area contributed by atoms with E-state index in [2.05, 4.69) is 4.98 Å². The molecule has 4 heteroatoms. The molecule has 58 valence electrons. The molecule has 0 unspecified atom stereocenters. The fraction of sp³-hybridized carbons (Fsp3) is 0.429. The maximum Gasteiger partial charge on any atom is 0.143 e. The highest BCUT2D eigenvalue weighted by Gasteiger charge is 2.23. The van der Waals surface area contributed by atoms with Crippen molar-refractivity contribution in [3.63, 3.8) is 0 Å². The second-order valence-corrected chi connectivity index (χ2v) is 2.85. The van der Waals surface area contributed by atoms with Gasteiger partial charge >= 0.3 is 0 Å². The van der Waals surface area contributed by atoms with Crippen molar-refractivity contribution in [1.29, 1.82) is 5.41 Å². The molecular formula is C7H10N4. The van der Waals surface area contributed by atoms with Crippen LogP contribution in [0.4, 0.5) is 0 Å². The topological polar surface area (TPSA) is 67.7 Å². The van der Waals surface area contributed by atoms with Gasteiger partial charge in [-0.05, 0) is 12.8 Å².